The molecule has 0 unspecified atom stereocenters. The number of ether oxygens (including phenoxy) is 2. The fraction of sp³-hybridized carbons (Fsp3) is 0.0870. The number of ketones is 1. The summed E-state index contributed by atoms with van der Waals surface area (Å²) in [6.07, 6.45) is 0. The third kappa shape index (κ3) is 4.32. The number of hydrogen-bond acceptors (Lipinski definition) is 6. The van der Waals surface area contributed by atoms with Crippen LogP contribution in [0.1, 0.15) is 21.8 Å². The van der Waals surface area contributed by atoms with Gasteiger partial charge in [-0.05, 0) is 36.4 Å². The highest BCUT2D eigenvalue weighted by Gasteiger charge is 2.11. The summed E-state index contributed by atoms with van der Waals surface area (Å²) in [5.41, 5.74) is 2.04. The van der Waals surface area contributed by atoms with E-state index in [1.165, 1.54) is 0 Å². The Morgan fingerprint density at radius 3 is 2.41 bits per heavy atom. The molecule has 0 atom stereocenters. The van der Waals surface area contributed by atoms with Gasteiger partial charge in [-0.1, -0.05) is 47.6 Å². The quantitative estimate of drug-likeness (QED) is 0.434. The van der Waals surface area contributed by atoms with Crippen molar-refractivity contribution >= 4 is 5.78 Å². The predicted octanol–water partition coefficient (Wildman–Crippen LogP) is 4.56. The second-order valence-corrected chi connectivity index (χ2v) is 6.25. The molecule has 0 saturated heterocycles. The van der Waals surface area contributed by atoms with E-state index < -0.39 is 0 Å². The summed E-state index contributed by atoms with van der Waals surface area (Å²) < 4.78 is 16.2. The van der Waals surface area contributed by atoms with Crippen molar-refractivity contribution in [2.75, 3.05) is 7.11 Å². The second-order valence-electron chi connectivity index (χ2n) is 6.25. The molecule has 0 saturated carbocycles. The lowest BCUT2D eigenvalue weighted by Gasteiger charge is -2.05. The number of benzene rings is 3. The molecule has 0 radical (unpaired) electrons. The Bertz CT molecular complexity index is 1110. The molecule has 0 N–H and O–H groups in total. The van der Waals surface area contributed by atoms with Gasteiger partial charge in [0.05, 0.1) is 7.11 Å². The van der Waals surface area contributed by atoms with Gasteiger partial charge < -0.3 is 14.0 Å². The van der Waals surface area contributed by atoms with E-state index in [0.717, 1.165) is 11.3 Å². The molecule has 4 aromatic rings. The van der Waals surface area contributed by atoms with E-state index in [-0.39, 0.29) is 12.4 Å². The van der Waals surface area contributed by atoms with Gasteiger partial charge in [0.25, 0.3) is 5.89 Å². The number of rotatable bonds is 7. The zero-order valence-corrected chi connectivity index (χ0v) is 15.7. The summed E-state index contributed by atoms with van der Waals surface area (Å²) in [7, 11) is 1.60. The highest BCUT2D eigenvalue weighted by atomic mass is 16.5. The van der Waals surface area contributed by atoms with Gasteiger partial charge in [-0.25, -0.2) is 0 Å². The number of aromatic nitrogens is 2. The molecule has 1 heterocycles. The van der Waals surface area contributed by atoms with Crippen molar-refractivity contribution in [3.05, 3.63) is 95.9 Å². The van der Waals surface area contributed by atoms with Gasteiger partial charge in [0.1, 0.15) is 11.5 Å². The van der Waals surface area contributed by atoms with Gasteiger partial charge in [0.2, 0.25) is 5.82 Å². The predicted molar refractivity (Wildman–Crippen MR) is 107 cm³/mol. The van der Waals surface area contributed by atoms with Crippen LogP contribution in [0.4, 0.5) is 0 Å². The van der Waals surface area contributed by atoms with Crippen LogP contribution in [0, 0.1) is 0 Å². The van der Waals surface area contributed by atoms with E-state index in [1.807, 2.05) is 42.5 Å². The number of carbonyl (C=O) groups excluding carboxylic acids is 1. The molecule has 3 aromatic carbocycles. The summed E-state index contributed by atoms with van der Waals surface area (Å²) in [6, 6.07) is 23.5. The smallest absolute Gasteiger partial charge is 0.264 e. The molecule has 0 fully saturated rings. The van der Waals surface area contributed by atoms with Crippen molar-refractivity contribution in [2.45, 2.75) is 6.61 Å². The lowest BCUT2D eigenvalue weighted by molar-refractivity contribution is 0.103. The van der Waals surface area contributed by atoms with Crippen molar-refractivity contribution in [3.8, 4) is 22.9 Å². The average molecular weight is 386 g/mol. The van der Waals surface area contributed by atoms with Gasteiger partial charge in [-0.15, -0.1) is 0 Å². The first-order valence-corrected chi connectivity index (χ1v) is 9.02. The molecule has 29 heavy (non-hydrogen) atoms. The van der Waals surface area contributed by atoms with Gasteiger partial charge in [0.15, 0.2) is 12.4 Å². The average Bonchev–Trinajstić information content (AvgIpc) is 3.27. The largest absolute Gasteiger partial charge is 0.497 e. The zero-order valence-electron chi connectivity index (χ0n) is 15.7. The summed E-state index contributed by atoms with van der Waals surface area (Å²) >= 11 is 0. The molecule has 0 aliphatic carbocycles. The van der Waals surface area contributed by atoms with E-state index in [9.17, 15) is 4.79 Å². The van der Waals surface area contributed by atoms with Crippen LogP contribution in [-0.4, -0.2) is 23.0 Å². The third-order valence-electron chi connectivity index (χ3n) is 4.31. The molecule has 0 amide bonds. The van der Waals surface area contributed by atoms with Crippen LogP contribution < -0.4 is 9.47 Å². The Morgan fingerprint density at radius 1 is 0.897 bits per heavy atom. The number of hydrogen-bond donors (Lipinski definition) is 0. The van der Waals surface area contributed by atoms with Crippen LogP contribution >= 0.6 is 0 Å². The second kappa shape index (κ2) is 8.39. The summed E-state index contributed by atoms with van der Waals surface area (Å²) in [5.74, 6) is 2.11. The number of nitrogens with zero attached hydrogens (tertiary/aromatic N) is 2. The van der Waals surface area contributed by atoms with Crippen LogP contribution in [0.15, 0.2) is 83.4 Å². The van der Waals surface area contributed by atoms with Gasteiger partial charge >= 0.3 is 0 Å². The third-order valence-corrected chi connectivity index (χ3v) is 4.31. The van der Waals surface area contributed by atoms with Crippen molar-refractivity contribution in [2.24, 2.45) is 0 Å². The van der Waals surface area contributed by atoms with E-state index in [4.69, 9.17) is 14.0 Å². The summed E-state index contributed by atoms with van der Waals surface area (Å²) in [4.78, 5) is 16.8. The minimum atomic E-state index is -0.0306. The van der Waals surface area contributed by atoms with Crippen LogP contribution in [0.2, 0.25) is 0 Å². The number of methoxy groups -OCH3 is 1. The van der Waals surface area contributed by atoms with E-state index in [1.54, 1.807) is 43.5 Å². The lowest BCUT2D eigenvalue weighted by Crippen LogP contribution is -2.01. The van der Waals surface area contributed by atoms with E-state index in [2.05, 4.69) is 10.1 Å². The van der Waals surface area contributed by atoms with E-state index >= 15 is 0 Å². The molecule has 4 rings (SSSR count). The zero-order chi connectivity index (χ0) is 20.1. The molecule has 6 nitrogen and oxygen atoms in total. The first kappa shape index (κ1) is 18.4. The molecule has 0 aliphatic heterocycles. The molecule has 0 aliphatic rings. The maximum atomic E-state index is 12.4. The molecule has 0 spiro atoms. The Labute approximate surface area is 167 Å². The molecule has 6 heteroatoms. The molecule has 144 valence electrons. The lowest BCUT2D eigenvalue weighted by atomic mass is 10.0. The first-order chi connectivity index (χ1) is 14.2. The van der Waals surface area contributed by atoms with Crippen LogP contribution in [0.25, 0.3) is 11.4 Å². The van der Waals surface area contributed by atoms with Crippen molar-refractivity contribution in [1.82, 2.24) is 10.1 Å². The minimum Gasteiger partial charge on any atom is -0.497 e. The summed E-state index contributed by atoms with van der Waals surface area (Å²) in [5, 5.41) is 3.98. The fourth-order valence-electron chi connectivity index (χ4n) is 2.80. The minimum absolute atomic E-state index is 0.0306. The monoisotopic (exact) mass is 386 g/mol. The molecule has 0 bridgehead atoms. The molecule has 1 aromatic heterocycles. The molecular formula is C23H18N2O4. The highest BCUT2D eigenvalue weighted by Crippen LogP contribution is 2.22. The van der Waals surface area contributed by atoms with Crippen molar-refractivity contribution < 1.29 is 18.8 Å². The Kier molecular flexibility index (Phi) is 5.33. The Hall–Kier alpha value is -3.93. The highest BCUT2D eigenvalue weighted by molar-refractivity contribution is 6.08. The standard InChI is InChI=1S/C23H18N2O4/c1-27-20-9-5-8-18(14-20)23-24-21(29-25-23)15-28-19-12-10-17(11-13-19)22(26)16-6-3-2-4-7-16/h2-14H,15H2,1H3. The van der Waals surface area contributed by atoms with Crippen LogP contribution in [0.3, 0.4) is 0 Å². The summed E-state index contributed by atoms with van der Waals surface area (Å²) in [6.45, 7) is 0.128. The van der Waals surface area contributed by atoms with Crippen LogP contribution in [-0.2, 0) is 6.61 Å². The van der Waals surface area contributed by atoms with Crippen molar-refractivity contribution in [3.63, 3.8) is 0 Å². The van der Waals surface area contributed by atoms with E-state index in [0.29, 0.717) is 28.6 Å². The topological polar surface area (TPSA) is 74.5 Å². The number of carbonyl (C=O) groups is 1. The Balaban J connectivity index is 1.39. The first-order valence-electron chi connectivity index (χ1n) is 9.02. The molecular weight excluding hydrogens is 368 g/mol. The normalized spacial score (nSPS) is 10.5. The maximum absolute atomic E-state index is 12.4. The van der Waals surface area contributed by atoms with Gasteiger partial charge in [0, 0.05) is 16.7 Å². The SMILES string of the molecule is COc1cccc(-c2noc(COc3ccc(C(=O)c4ccccc4)cc3)n2)c1. The van der Waals surface area contributed by atoms with Crippen molar-refractivity contribution in [1.29, 1.82) is 0 Å². The Morgan fingerprint density at radius 2 is 1.66 bits per heavy atom. The van der Waals surface area contributed by atoms with Gasteiger partial charge in [-0.3, -0.25) is 4.79 Å². The fourth-order valence-corrected chi connectivity index (χ4v) is 2.80. The maximum Gasteiger partial charge on any atom is 0.264 e. The van der Waals surface area contributed by atoms with Crippen LogP contribution in [0.5, 0.6) is 11.5 Å². The van der Waals surface area contributed by atoms with Gasteiger partial charge in [-0.2, -0.15) is 4.98 Å².